The van der Waals surface area contributed by atoms with Gasteiger partial charge in [0.15, 0.2) is 5.96 Å². The van der Waals surface area contributed by atoms with Crippen LogP contribution in [0.5, 0.6) is 0 Å². The predicted octanol–water partition coefficient (Wildman–Crippen LogP) is 0.777. The zero-order valence-electron chi connectivity index (χ0n) is 18.7. The number of hydrogen-bond acceptors (Lipinski definition) is 5. The van der Waals surface area contributed by atoms with E-state index in [1.807, 2.05) is 0 Å². The van der Waals surface area contributed by atoms with Crippen LogP contribution in [0, 0.1) is 0 Å². The molecule has 2 fully saturated rings. The van der Waals surface area contributed by atoms with Gasteiger partial charge in [0.2, 0.25) is 5.91 Å². The van der Waals surface area contributed by atoms with Crippen LogP contribution in [0.4, 0.5) is 0 Å². The highest BCUT2D eigenvalue weighted by molar-refractivity contribution is 14.0. The highest BCUT2D eigenvalue weighted by Gasteiger charge is 2.28. The Hall–Kier alpha value is -0.650. The zero-order chi connectivity index (χ0) is 20.4. The maximum atomic E-state index is 12.0. The maximum Gasteiger partial charge on any atom is 0.243 e. The van der Waals surface area contributed by atoms with Crippen LogP contribution in [0.1, 0.15) is 26.7 Å². The number of ether oxygens (including phenoxy) is 1. The first-order valence-electron chi connectivity index (χ1n) is 10.8. The molecule has 1 amide bonds. The van der Waals surface area contributed by atoms with E-state index in [2.05, 4.69) is 38.9 Å². The number of carbonyl (C=O) groups excluding carboxylic acids is 1. The lowest BCUT2D eigenvalue weighted by molar-refractivity contribution is -0.127. The van der Waals surface area contributed by atoms with Gasteiger partial charge in [-0.1, -0.05) is 13.8 Å². The molecule has 2 rings (SSSR count). The van der Waals surface area contributed by atoms with Gasteiger partial charge in [-0.3, -0.25) is 14.6 Å². The van der Waals surface area contributed by atoms with Crippen LogP contribution >= 0.6 is 24.0 Å². The van der Waals surface area contributed by atoms with Crippen LogP contribution in [0.15, 0.2) is 4.99 Å². The predicted molar refractivity (Wildman–Crippen MR) is 129 cm³/mol. The summed E-state index contributed by atoms with van der Waals surface area (Å²) >= 11 is 0. The van der Waals surface area contributed by atoms with Crippen molar-refractivity contribution >= 4 is 35.8 Å². The fraction of sp³-hybridized carbons (Fsp3) is 0.900. The van der Waals surface area contributed by atoms with Crippen LogP contribution in [0.3, 0.4) is 0 Å². The molecule has 1 unspecified atom stereocenters. The molecule has 0 radical (unpaired) electrons. The van der Waals surface area contributed by atoms with E-state index in [9.17, 15) is 4.79 Å². The number of hydrogen-bond donors (Lipinski definition) is 1. The second kappa shape index (κ2) is 14.4. The number of nitrogens with zero attached hydrogens (tertiary/aromatic N) is 5. The Balaban J connectivity index is 0.00000420. The molecule has 0 saturated carbocycles. The van der Waals surface area contributed by atoms with E-state index >= 15 is 0 Å². The van der Waals surface area contributed by atoms with Crippen molar-refractivity contribution in [2.45, 2.75) is 32.7 Å². The molecule has 0 bridgehead atoms. The van der Waals surface area contributed by atoms with Gasteiger partial charge in [0.05, 0.1) is 13.2 Å². The van der Waals surface area contributed by atoms with Crippen LogP contribution in [0.25, 0.3) is 0 Å². The minimum absolute atomic E-state index is 0. The number of carbonyl (C=O) groups is 1. The second-order valence-electron chi connectivity index (χ2n) is 7.77. The van der Waals surface area contributed by atoms with E-state index in [1.54, 1.807) is 19.0 Å². The monoisotopic (exact) mass is 524 g/mol. The highest BCUT2D eigenvalue weighted by Crippen LogP contribution is 2.15. The van der Waals surface area contributed by atoms with E-state index in [0.29, 0.717) is 6.04 Å². The lowest BCUT2D eigenvalue weighted by Gasteiger charge is -2.28. The molecule has 0 aromatic rings. The Kier molecular flexibility index (Phi) is 13.1. The third-order valence-corrected chi connectivity index (χ3v) is 5.69. The highest BCUT2D eigenvalue weighted by atomic mass is 127. The molecule has 0 aromatic carbocycles. The van der Waals surface area contributed by atoms with Crippen LogP contribution < -0.4 is 5.32 Å². The average Bonchev–Trinajstić information content (AvgIpc) is 3.18. The van der Waals surface area contributed by atoms with Gasteiger partial charge in [-0.15, -0.1) is 24.0 Å². The van der Waals surface area contributed by atoms with Gasteiger partial charge in [-0.2, -0.15) is 0 Å². The summed E-state index contributed by atoms with van der Waals surface area (Å²) in [6, 6.07) is 0.569. The molecule has 29 heavy (non-hydrogen) atoms. The normalized spacial score (nSPS) is 20.7. The maximum absolute atomic E-state index is 12.0. The van der Waals surface area contributed by atoms with Gasteiger partial charge >= 0.3 is 0 Å². The molecule has 8 nitrogen and oxygen atoms in total. The van der Waals surface area contributed by atoms with Gasteiger partial charge in [-0.25, -0.2) is 4.99 Å². The molecular weight excluding hydrogens is 483 g/mol. The molecule has 2 aliphatic heterocycles. The van der Waals surface area contributed by atoms with E-state index < -0.39 is 0 Å². The molecular formula is C20H41IN6O2. The number of likely N-dealkylation sites (N-methyl/N-ethyl adjacent to an activating group) is 2. The summed E-state index contributed by atoms with van der Waals surface area (Å²) in [6.45, 7) is 14.4. The Morgan fingerprint density at radius 2 is 1.86 bits per heavy atom. The van der Waals surface area contributed by atoms with E-state index in [-0.39, 0.29) is 36.4 Å². The fourth-order valence-corrected chi connectivity index (χ4v) is 3.85. The van der Waals surface area contributed by atoms with Gasteiger partial charge in [0, 0.05) is 52.9 Å². The minimum Gasteiger partial charge on any atom is -0.379 e. The molecule has 1 N–H and O–H groups in total. The number of nitrogens with one attached hydrogen (secondary N) is 1. The smallest absolute Gasteiger partial charge is 0.243 e. The summed E-state index contributed by atoms with van der Waals surface area (Å²) in [5.74, 6) is 0.916. The summed E-state index contributed by atoms with van der Waals surface area (Å²) in [7, 11) is 3.55. The lowest BCUT2D eigenvalue weighted by atomic mass is 10.2. The molecule has 0 aliphatic carbocycles. The summed E-state index contributed by atoms with van der Waals surface area (Å²) in [6.07, 6.45) is 2.21. The van der Waals surface area contributed by atoms with Gasteiger partial charge < -0.3 is 19.9 Å². The Morgan fingerprint density at radius 1 is 1.17 bits per heavy atom. The molecule has 2 saturated heterocycles. The molecule has 9 heteroatoms. The number of aliphatic imine (C=N–C) groups is 1. The summed E-state index contributed by atoms with van der Waals surface area (Å²) in [4.78, 5) is 25.5. The molecule has 170 valence electrons. The van der Waals surface area contributed by atoms with Gasteiger partial charge in [-0.05, 0) is 32.5 Å². The van der Waals surface area contributed by atoms with Crippen molar-refractivity contribution in [2.75, 3.05) is 86.2 Å². The summed E-state index contributed by atoms with van der Waals surface area (Å²) in [5, 5.41) is 3.52. The van der Waals surface area contributed by atoms with Crippen molar-refractivity contribution in [3.05, 3.63) is 0 Å². The number of amides is 1. The van der Waals surface area contributed by atoms with Crippen molar-refractivity contribution < 1.29 is 9.53 Å². The molecule has 0 aromatic heterocycles. The van der Waals surface area contributed by atoms with Crippen molar-refractivity contribution in [1.29, 1.82) is 0 Å². The number of rotatable bonds is 9. The lowest BCUT2D eigenvalue weighted by Crippen LogP contribution is -2.44. The van der Waals surface area contributed by atoms with E-state index in [0.717, 1.165) is 84.4 Å². The van der Waals surface area contributed by atoms with Crippen LogP contribution in [-0.2, 0) is 9.53 Å². The van der Waals surface area contributed by atoms with Crippen LogP contribution in [-0.4, -0.2) is 124 Å². The standard InChI is InChI=1S/C20H40N6O2.HI/c1-5-25(6-2)18-8-11-26(17-18)20(22-16-19(27)23(3)4)21-9-7-10-24-12-14-28-15-13-24;/h18H,5-17H2,1-4H3,(H,21,22);1H. The van der Waals surface area contributed by atoms with Crippen molar-refractivity contribution in [3.63, 3.8) is 0 Å². The van der Waals surface area contributed by atoms with Crippen molar-refractivity contribution in [1.82, 2.24) is 24.9 Å². The Bertz CT molecular complexity index is 495. The van der Waals surface area contributed by atoms with Gasteiger partial charge in [0.1, 0.15) is 6.54 Å². The first-order valence-corrected chi connectivity index (χ1v) is 10.8. The van der Waals surface area contributed by atoms with E-state index in [4.69, 9.17) is 4.74 Å². The number of morpholine rings is 1. The molecule has 1 atom stereocenters. The fourth-order valence-electron chi connectivity index (χ4n) is 3.85. The third-order valence-electron chi connectivity index (χ3n) is 5.69. The topological polar surface area (TPSA) is 63.7 Å². The van der Waals surface area contributed by atoms with Gasteiger partial charge in [0.25, 0.3) is 0 Å². The average molecular weight is 524 g/mol. The van der Waals surface area contributed by atoms with Crippen molar-refractivity contribution in [3.8, 4) is 0 Å². The SMILES string of the molecule is CCN(CC)C1CCN(C(=NCC(=O)N(C)C)NCCCN2CCOCC2)C1.I. The number of likely N-dealkylation sites (tertiary alicyclic amines) is 1. The molecule has 2 heterocycles. The molecule has 2 aliphatic rings. The third kappa shape index (κ3) is 8.94. The van der Waals surface area contributed by atoms with Crippen LogP contribution in [0.2, 0.25) is 0 Å². The molecule has 0 spiro atoms. The Labute approximate surface area is 194 Å². The minimum atomic E-state index is 0. The quantitative estimate of drug-likeness (QED) is 0.208. The second-order valence-corrected chi connectivity index (χ2v) is 7.77. The Morgan fingerprint density at radius 3 is 2.48 bits per heavy atom. The number of halogens is 1. The summed E-state index contributed by atoms with van der Waals surface area (Å²) in [5.41, 5.74) is 0. The number of guanidine groups is 1. The van der Waals surface area contributed by atoms with Crippen molar-refractivity contribution in [2.24, 2.45) is 4.99 Å². The van der Waals surface area contributed by atoms with E-state index in [1.165, 1.54) is 0 Å². The first kappa shape index (κ1) is 26.4. The largest absolute Gasteiger partial charge is 0.379 e. The first-order chi connectivity index (χ1) is 13.5. The zero-order valence-corrected chi connectivity index (χ0v) is 21.1. The summed E-state index contributed by atoms with van der Waals surface area (Å²) < 4.78 is 5.41.